The minimum Gasteiger partial charge on any atom is -0.508 e. The topological polar surface area (TPSA) is 121 Å². The van der Waals surface area contributed by atoms with E-state index in [1.165, 1.54) is 36.4 Å². The van der Waals surface area contributed by atoms with Gasteiger partial charge in [0.25, 0.3) is 0 Å². The van der Waals surface area contributed by atoms with E-state index in [0.29, 0.717) is 27.8 Å². The molecule has 0 aromatic heterocycles. The third-order valence-corrected chi connectivity index (χ3v) is 4.67. The van der Waals surface area contributed by atoms with E-state index in [0.717, 1.165) is 0 Å². The summed E-state index contributed by atoms with van der Waals surface area (Å²) in [5, 5.41) is 59.6. The second kappa shape index (κ2) is 6.64. The van der Waals surface area contributed by atoms with Crippen molar-refractivity contribution in [3.8, 4) is 34.5 Å². The average molecular weight is 368 g/mol. The van der Waals surface area contributed by atoms with Crippen molar-refractivity contribution in [1.29, 1.82) is 0 Å². The van der Waals surface area contributed by atoms with Crippen LogP contribution in [-0.2, 0) is 0 Å². The van der Waals surface area contributed by atoms with Crippen molar-refractivity contribution in [2.45, 2.75) is 19.8 Å². The van der Waals surface area contributed by atoms with E-state index in [-0.39, 0.29) is 34.5 Å². The number of aryl methyl sites for hydroxylation is 2. The zero-order chi connectivity index (χ0) is 19.9. The van der Waals surface area contributed by atoms with E-state index in [9.17, 15) is 30.6 Å². The first-order chi connectivity index (χ1) is 12.7. The summed E-state index contributed by atoms with van der Waals surface area (Å²) in [5.41, 5.74) is 2.89. The molecular weight excluding hydrogens is 348 g/mol. The Morgan fingerprint density at radius 1 is 0.519 bits per heavy atom. The lowest BCUT2D eigenvalue weighted by Crippen LogP contribution is -2.07. The van der Waals surface area contributed by atoms with Gasteiger partial charge in [-0.15, -0.1) is 0 Å². The Morgan fingerprint density at radius 3 is 1.41 bits per heavy atom. The highest BCUT2D eigenvalue weighted by atomic mass is 16.3. The van der Waals surface area contributed by atoms with Gasteiger partial charge in [0.1, 0.15) is 11.5 Å². The van der Waals surface area contributed by atoms with Crippen LogP contribution in [0.1, 0.15) is 33.7 Å². The van der Waals surface area contributed by atoms with Crippen molar-refractivity contribution in [1.82, 2.24) is 0 Å². The normalized spacial score (nSPS) is 11.1. The third kappa shape index (κ3) is 3.29. The van der Waals surface area contributed by atoms with E-state index in [4.69, 9.17) is 0 Å². The van der Waals surface area contributed by atoms with Gasteiger partial charge < -0.3 is 30.6 Å². The predicted molar refractivity (Wildman–Crippen MR) is 99.7 cm³/mol. The van der Waals surface area contributed by atoms with Gasteiger partial charge in [0, 0.05) is 17.5 Å². The summed E-state index contributed by atoms with van der Waals surface area (Å²) in [5.74, 6) is -2.09. The van der Waals surface area contributed by atoms with Crippen molar-refractivity contribution in [3.05, 3.63) is 70.3 Å². The number of aromatic hydroxyl groups is 6. The highest BCUT2D eigenvalue weighted by molar-refractivity contribution is 5.59. The number of rotatable bonds is 3. The smallest absolute Gasteiger partial charge is 0.157 e. The maximum atomic E-state index is 10.4. The Morgan fingerprint density at radius 2 is 0.963 bits per heavy atom. The van der Waals surface area contributed by atoms with Crippen LogP contribution in [0.15, 0.2) is 42.5 Å². The second-order valence-electron chi connectivity index (χ2n) is 6.57. The molecule has 3 aromatic carbocycles. The third-order valence-electron chi connectivity index (χ3n) is 4.67. The van der Waals surface area contributed by atoms with Crippen LogP contribution in [-0.4, -0.2) is 30.6 Å². The molecule has 0 amide bonds. The molecule has 0 fully saturated rings. The molecule has 6 N–H and O–H groups in total. The van der Waals surface area contributed by atoms with Gasteiger partial charge in [-0.1, -0.05) is 6.07 Å². The lowest BCUT2D eigenvalue weighted by atomic mass is 9.80. The fraction of sp³-hybridized carbons (Fsp3) is 0.143. The number of hydrogen-bond acceptors (Lipinski definition) is 6. The lowest BCUT2D eigenvalue weighted by molar-refractivity contribution is 0.401. The van der Waals surface area contributed by atoms with Gasteiger partial charge in [-0.05, 0) is 66.4 Å². The zero-order valence-corrected chi connectivity index (χ0v) is 14.8. The van der Waals surface area contributed by atoms with Crippen molar-refractivity contribution >= 4 is 0 Å². The van der Waals surface area contributed by atoms with Gasteiger partial charge in [-0.2, -0.15) is 0 Å². The summed E-state index contributed by atoms with van der Waals surface area (Å²) in [6.07, 6.45) is 0. The second-order valence-corrected chi connectivity index (χ2v) is 6.57. The molecule has 140 valence electrons. The Hall–Kier alpha value is -3.54. The summed E-state index contributed by atoms with van der Waals surface area (Å²) >= 11 is 0. The van der Waals surface area contributed by atoms with Gasteiger partial charge in [-0.25, -0.2) is 0 Å². The van der Waals surface area contributed by atoms with Crippen LogP contribution < -0.4 is 0 Å². The van der Waals surface area contributed by atoms with E-state index < -0.39 is 5.92 Å². The van der Waals surface area contributed by atoms with E-state index in [1.807, 2.05) is 0 Å². The molecule has 3 aromatic rings. The Kier molecular flexibility index (Phi) is 4.49. The largest absolute Gasteiger partial charge is 0.508 e. The van der Waals surface area contributed by atoms with E-state index in [1.54, 1.807) is 19.9 Å². The minimum absolute atomic E-state index is 0.106. The molecule has 0 aliphatic heterocycles. The van der Waals surface area contributed by atoms with Gasteiger partial charge in [0.2, 0.25) is 0 Å². The molecule has 6 heteroatoms. The van der Waals surface area contributed by atoms with Crippen LogP contribution in [0.5, 0.6) is 34.5 Å². The molecule has 0 atom stereocenters. The van der Waals surface area contributed by atoms with Gasteiger partial charge in [0.05, 0.1) is 0 Å². The van der Waals surface area contributed by atoms with Crippen LogP contribution in [0.3, 0.4) is 0 Å². The van der Waals surface area contributed by atoms with Crippen LogP contribution in [0.25, 0.3) is 0 Å². The molecule has 0 bridgehead atoms. The molecule has 0 spiro atoms. The van der Waals surface area contributed by atoms with Crippen molar-refractivity contribution in [2.24, 2.45) is 0 Å². The SMILES string of the molecule is Cc1cc(O)c(O)cc1C(c1cc(O)c(O)cc1C)c1ccc(O)cc1O. The van der Waals surface area contributed by atoms with E-state index in [2.05, 4.69) is 0 Å². The number of benzene rings is 3. The molecule has 3 rings (SSSR count). The first-order valence-electron chi connectivity index (χ1n) is 8.26. The number of hydrogen-bond donors (Lipinski definition) is 6. The fourth-order valence-electron chi connectivity index (χ4n) is 3.30. The molecule has 0 saturated carbocycles. The monoisotopic (exact) mass is 368 g/mol. The van der Waals surface area contributed by atoms with Gasteiger partial charge >= 0.3 is 0 Å². The summed E-state index contributed by atoms with van der Waals surface area (Å²) in [6, 6.07) is 9.77. The molecule has 27 heavy (non-hydrogen) atoms. The first-order valence-corrected chi connectivity index (χ1v) is 8.26. The van der Waals surface area contributed by atoms with Crippen molar-refractivity contribution in [2.75, 3.05) is 0 Å². The molecule has 0 radical (unpaired) electrons. The number of phenols is 6. The Bertz CT molecular complexity index is 968. The molecule has 0 aliphatic carbocycles. The summed E-state index contributed by atoms with van der Waals surface area (Å²) in [6.45, 7) is 3.49. The molecular formula is C21H20O6. The van der Waals surface area contributed by atoms with E-state index >= 15 is 0 Å². The fourth-order valence-corrected chi connectivity index (χ4v) is 3.30. The van der Waals surface area contributed by atoms with Gasteiger partial charge in [0.15, 0.2) is 23.0 Å². The van der Waals surface area contributed by atoms with Crippen LogP contribution in [0.4, 0.5) is 0 Å². The predicted octanol–water partition coefficient (Wildman–Crippen LogP) is 3.72. The highest BCUT2D eigenvalue weighted by Crippen LogP contribution is 2.45. The highest BCUT2D eigenvalue weighted by Gasteiger charge is 2.26. The van der Waals surface area contributed by atoms with Crippen molar-refractivity contribution in [3.63, 3.8) is 0 Å². The molecule has 6 nitrogen and oxygen atoms in total. The van der Waals surface area contributed by atoms with Crippen LogP contribution in [0.2, 0.25) is 0 Å². The maximum Gasteiger partial charge on any atom is 0.157 e. The molecule has 0 unspecified atom stereocenters. The maximum absolute atomic E-state index is 10.4. The van der Waals surface area contributed by atoms with Crippen LogP contribution >= 0.6 is 0 Å². The summed E-state index contributed by atoms with van der Waals surface area (Å²) in [7, 11) is 0. The molecule has 0 heterocycles. The molecule has 0 aliphatic rings. The standard InChI is InChI=1S/C21H20O6/c1-10-5-17(24)19(26)8-14(10)21(13-4-3-12(22)7-16(13)23)15-9-20(27)18(25)6-11(15)2/h3-9,21-27H,1-2H3. The molecule has 0 saturated heterocycles. The number of phenolic OH excluding ortho intramolecular Hbond substituents is 6. The Balaban J connectivity index is 2.34. The quantitative estimate of drug-likeness (QED) is 0.310. The average Bonchev–Trinajstić information content (AvgIpc) is 2.58. The van der Waals surface area contributed by atoms with Crippen LogP contribution in [0, 0.1) is 13.8 Å². The first kappa shape index (κ1) is 18.3. The summed E-state index contributed by atoms with van der Waals surface area (Å²) in [4.78, 5) is 0. The van der Waals surface area contributed by atoms with Crippen molar-refractivity contribution < 1.29 is 30.6 Å². The lowest BCUT2D eigenvalue weighted by Gasteiger charge is -2.24. The van der Waals surface area contributed by atoms with Gasteiger partial charge in [-0.3, -0.25) is 0 Å². The summed E-state index contributed by atoms with van der Waals surface area (Å²) < 4.78 is 0. The zero-order valence-electron chi connectivity index (χ0n) is 14.8. The minimum atomic E-state index is -0.636. The Labute approximate surface area is 155 Å².